The van der Waals surface area contributed by atoms with Crippen LogP contribution in [-0.2, 0) is 4.74 Å². The van der Waals surface area contributed by atoms with E-state index in [1.165, 1.54) is 35.0 Å². The Labute approximate surface area is 188 Å². The van der Waals surface area contributed by atoms with Crippen molar-refractivity contribution < 1.29 is 23.0 Å². The minimum absolute atomic E-state index is 0.0714. The summed E-state index contributed by atoms with van der Waals surface area (Å²) in [6.45, 7) is 0.587. The van der Waals surface area contributed by atoms with Gasteiger partial charge in [0.2, 0.25) is 0 Å². The maximum absolute atomic E-state index is 14.0. The molecule has 4 aromatic rings. The summed E-state index contributed by atoms with van der Waals surface area (Å²) in [4.78, 5) is 16.9. The quantitative estimate of drug-likeness (QED) is 0.400. The van der Waals surface area contributed by atoms with Crippen LogP contribution in [0.4, 0.5) is 14.5 Å². The molecule has 3 aromatic carbocycles. The molecule has 0 saturated heterocycles. The third-order valence-corrected chi connectivity index (χ3v) is 4.66. The lowest BCUT2D eigenvalue weighted by atomic mass is 10.2. The van der Waals surface area contributed by atoms with Gasteiger partial charge in [-0.3, -0.25) is 4.79 Å². The van der Waals surface area contributed by atoms with Crippen molar-refractivity contribution in [3.63, 3.8) is 0 Å². The van der Waals surface area contributed by atoms with Crippen molar-refractivity contribution in [3.8, 4) is 23.1 Å². The number of hydrogen-bond acceptors (Lipinski definition) is 5. The van der Waals surface area contributed by atoms with Crippen LogP contribution in [0.5, 0.6) is 6.01 Å². The molecule has 0 fully saturated rings. The lowest BCUT2D eigenvalue weighted by Crippen LogP contribution is -2.14. The Morgan fingerprint density at radius 3 is 2.61 bits per heavy atom. The van der Waals surface area contributed by atoms with Crippen LogP contribution in [0.2, 0.25) is 0 Å². The second-order valence-electron chi connectivity index (χ2n) is 6.97. The molecule has 1 aromatic heterocycles. The van der Waals surface area contributed by atoms with E-state index in [0.29, 0.717) is 29.4 Å². The number of benzene rings is 3. The number of rotatable bonds is 8. The molecule has 0 aliphatic rings. The Morgan fingerprint density at radius 1 is 1.00 bits per heavy atom. The Kier molecular flexibility index (Phi) is 6.70. The topological polar surface area (TPSA) is 78.3 Å². The van der Waals surface area contributed by atoms with Gasteiger partial charge in [-0.25, -0.2) is 13.5 Å². The molecule has 0 unspecified atom stereocenters. The molecule has 1 amide bonds. The number of nitrogens with one attached hydrogen (secondary N) is 1. The van der Waals surface area contributed by atoms with Gasteiger partial charge >= 0.3 is 6.01 Å². The number of amides is 1. The van der Waals surface area contributed by atoms with E-state index in [1.54, 1.807) is 49.6 Å². The van der Waals surface area contributed by atoms with Crippen LogP contribution < -0.4 is 10.1 Å². The van der Waals surface area contributed by atoms with Gasteiger partial charge in [-0.05, 0) is 42.5 Å². The number of methoxy groups -OCH3 is 1. The highest BCUT2D eigenvalue weighted by Gasteiger charge is 2.17. The van der Waals surface area contributed by atoms with Gasteiger partial charge in [0.05, 0.1) is 17.9 Å². The van der Waals surface area contributed by atoms with Crippen molar-refractivity contribution in [3.05, 3.63) is 90.0 Å². The number of halogens is 2. The van der Waals surface area contributed by atoms with Gasteiger partial charge in [0, 0.05) is 18.4 Å². The predicted molar refractivity (Wildman–Crippen MR) is 118 cm³/mol. The summed E-state index contributed by atoms with van der Waals surface area (Å²) in [6.07, 6.45) is 0. The van der Waals surface area contributed by atoms with Crippen LogP contribution in [0.15, 0.2) is 72.8 Å². The van der Waals surface area contributed by atoms with Crippen molar-refractivity contribution in [1.82, 2.24) is 14.8 Å². The van der Waals surface area contributed by atoms with E-state index in [1.807, 2.05) is 0 Å². The lowest BCUT2D eigenvalue weighted by Gasteiger charge is -2.10. The first-order valence-corrected chi connectivity index (χ1v) is 10.1. The Balaban J connectivity index is 1.67. The summed E-state index contributed by atoms with van der Waals surface area (Å²) in [7, 11) is 1.55. The minimum Gasteiger partial charge on any atom is -0.460 e. The van der Waals surface area contributed by atoms with Crippen LogP contribution >= 0.6 is 0 Å². The second kappa shape index (κ2) is 10.0. The molecule has 0 aliphatic carbocycles. The third kappa shape index (κ3) is 5.21. The Bertz CT molecular complexity index is 1280. The number of anilines is 1. The van der Waals surface area contributed by atoms with E-state index in [4.69, 9.17) is 9.47 Å². The molecule has 0 bridgehead atoms. The summed E-state index contributed by atoms with van der Waals surface area (Å²) in [6, 6.07) is 18.5. The summed E-state index contributed by atoms with van der Waals surface area (Å²) in [5.41, 5.74) is 1.38. The van der Waals surface area contributed by atoms with Gasteiger partial charge in [-0.15, -0.1) is 5.10 Å². The third-order valence-electron chi connectivity index (χ3n) is 4.66. The molecule has 0 spiro atoms. The molecule has 9 heteroatoms. The molecule has 33 heavy (non-hydrogen) atoms. The first-order chi connectivity index (χ1) is 16.0. The molecule has 0 saturated carbocycles. The van der Waals surface area contributed by atoms with Crippen molar-refractivity contribution in [2.75, 3.05) is 25.6 Å². The molecule has 0 aliphatic heterocycles. The molecule has 0 atom stereocenters. The van der Waals surface area contributed by atoms with E-state index in [9.17, 15) is 13.6 Å². The van der Waals surface area contributed by atoms with Gasteiger partial charge in [0.15, 0.2) is 5.82 Å². The highest BCUT2D eigenvalue weighted by Crippen LogP contribution is 2.26. The van der Waals surface area contributed by atoms with Crippen molar-refractivity contribution >= 4 is 11.6 Å². The molecule has 4 rings (SSSR count). The fourth-order valence-corrected chi connectivity index (χ4v) is 3.12. The van der Waals surface area contributed by atoms with Crippen molar-refractivity contribution in [2.45, 2.75) is 0 Å². The van der Waals surface area contributed by atoms with Crippen LogP contribution in [0, 0.1) is 11.6 Å². The predicted octanol–water partition coefficient (Wildman–Crippen LogP) is 4.49. The van der Waals surface area contributed by atoms with Crippen molar-refractivity contribution in [1.29, 1.82) is 0 Å². The van der Waals surface area contributed by atoms with E-state index >= 15 is 0 Å². The second-order valence-corrected chi connectivity index (χ2v) is 6.97. The Hall–Kier alpha value is -4.11. The average Bonchev–Trinajstić information content (AvgIpc) is 3.24. The number of carbonyl (C=O) groups is 1. The zero-order chi connectivity index (χ0) is 23.2. The first kappa shape index (κ1) is 22.1. The standard InChI is InChI=1S/C24H20F2N4O3/c1-32-12-13-33-24-28-22(16-6-4-7-17(25)14-16)30(29-24)19-9-5-8-18(15-19)27-23(31)20-10-2-3-11-21(20)26/h2-11,14-15H,12-13H2,1H3,(H,27,31). The summed E-state index contributed by atoms with van der Waals surface area (Å²) >= 11 is 0. The Morgan fingerprint density at radius 2 is 1.82 bits per heavy atom. The monoisotopic (exact) mass is 450 g/mol. The van der Waals surface area contributed by atoms with Crippen LogP contribution in [0.1, 0.15) is 10.4 Å². The largest absolute Gasteiger partial charge is 0.460 e. The molecular weight excluding hydrogens is 430 g/mol. The normalized spacial score (nSPS) is 10.8. The number of carbonyl (C=O) groups excluding carboxylic acids is 1. The molecule has 168 valence electrons. The molecule has 1 N–H and O–H groups in total. The number of ether oxygens (including phenoxy) is 2. The van der Waals surface area contributed by atoms with Gasteiger partial charge in [-0.1, -0.05) is 30.3 Å². The number of nitrogens with zero attached hydrogens (tertiary/aromatic N) is 3. The highest BCUT2D eigenvalue weighted by atomic mass is 19.1. The van der Waals surface area contributed by atoms with E-state index < -0.39 is 17.5 Å². The molecule has 7 nitrogen and oxygen atoms in total. The zero-order valence-corrected chi connectivity index (χ0v) is 17.7. The average molecular weight is 450 g/mol. The lowest BCUT2D eigenvalue weighted by molar-refractivity contribution is 0.102. The fourth-order valence-electron chi connectivity index (χ4n) is 3.12. The molecular formula is C24H20F2N4O3. The van der Waals surface area contributed by atoms with Crippen LogP contribution in [0.3, 0.4) is 0 Å². The number of hydrogen-bond donors (Lipinski definition) is 1. The molecule has 0 radical (unpaired) electrons. The maximum Gasteiger partial charge on any atom is 0.336 e. The summed E-state index contributed by atoms with van der Waals surface area (Å²) in [5.74, 6) is -1.28. The zero-order valence-electron chi connectivity index (χ0n) is 17.7. The smallest absolute Gasteiger partial charge is 0.336 e. The van der Waals surface area contributed by atoms with E-state index in [0.717, 1.165) is 0 Å². The SMILES string of the molecule is COCCOc1nc(-c2cccc(F)c2)n(-c2cccc(NC(=O)c3ccccc3F)c2)n1. The summed E-state index contributed by atoms with van der Waals surface area (Å²) < 4.78 is 39.8. The fraction of sp³-hybridized carbons (Fsp3) is 0.125. The maximum atomic E-state index is 14.0. The number of aromatic nitrogens is 3. The van der Waals surface area contributed by atoms with Gasteiger partial charge in [-0.2, -0.15) is 4.98 Å². The van der Waals surface area contributed by atoms with Gasteiger partial charge < -0.3 is 14.8 Å². The van der Waals surface area contributed by atoms with Gasteiger partial charge in [0.1, 0.15) is 18.2 Å². The molecule has 1 heterocycles. The van der Waals surface area contributed by atoms with E-state index in [-0.39, 0.29) is 18.2 Å². The van der Waals surface area contributed by atoms with E-state index in [2.05, 4.69) is 15.4 Å². The van der Waals surface area contributed by atoms with Crippen LogP contribution in [-0.4, -0.2) is 41.0 Å². The van der Waals surface area contributed by atoms with Crippen molar-refractivity contribution in [2.24, 2.45) is 0 Å². The summed E-state index contributed by atoms with van der Waals surface area (Å²) in [5, 5.41) is 7.06. The minimum atomic E-state index is -0.617. The first-order valence-electron chi connectivity index (χ1n) is 10.1. The van der Waals surface area contributed by atoms with Crippen LogP contribution in [0.25, 0.3) is 17.1 Å². The van der Waals surface area contributed by atoms with Gasteiger partial charge in [0.25, 0.3) is 5.91 Å². The highest BCUT2D eigenvalue weighted by molar-refractivity contribution is 6.04.